The van der Waals surface area contributed by atoms with Crippen LogP contribution in [-0.2, 0) is 6.61 Å². The number of amides is 1. The molecule has 1 unspecified atom stereocenters. The Kier molecular flexibility index (Phi) is 5.46. The molecular weight excluding hydrogens is 337 g/mol. The molecule has 1 atom stereocenters. The van der Waals surface area contributed by atoms with Gasteiger partial charge in [-0.2, -0.15) is 0 Å². The van der Waals surface area contributed by atoms with E-state index in [2.05, 4.69) is 5.32 Å². The van der Waals surface area contributed by atoms with Crippen LogP contribution in [0.15, 0.2) is 66.0 Å². The van der Waals surface area contributed by atoms with Gasteiger partial charge in [0.25, 0.3) is 5.91 Å². The van der Waals surface area contributed by atoms with Crippen LogP contribution in [0.3, 0.4) is 0 Å². The summed E-state index contributed by atoms with van der Waals surface area (Å²) in [4.78, 5) is 13.7. The molecule has 0 aliphatic carbocycles. The van der Waals surface area contributed by atoms with Crippen LogP contribution < -0.4 is 10.1 Å². The Hall–Kier alpha value is -2.66. The van der Waals surface area contributed by atoms with Gasteiger partial charge in [-0.1, -0.05) is 30.3 Å². The summed E-state index contributed by atoms with van der Waals surface area (Å²) in [7, 11) is 0. The summed E-state index contributed by atoms with van der Waals surface area (Å²) in [6, 6.07) is 17.1. The minimum atomic E-state index is -0.286. The molecule has 1 N–H and O–H groups in total. The number of hydrogen-bond donors (Lipinski definition) is 1. The van der Waals surface area contributed by atoms with E-state index < -0.39 is 0 Å². The van der Waals surface area contributed by atoms with E-state index in [0.717, 1.165) is 10.4 Å². The molecule has 0 fully saturated rings. The van der Waals surface area contributed by atoms with Crippen LogP contribution in [0.2, 0.25) is 0 Å². The van der Waals surface area contributed by atoms with Crippen molar-refractivity contribution < 1.29 is 13.9 Å². The van der Waals surface area contributed by atoms with Crippen LogP contribution in [-0.4, -0.2) is 5.91 Å². The zero-order valence-corrected chi connectivity index (χ0v) is 14.6. The molecule has 0 radical (unpaired) electrons. The second-order valence-electron chi connectivity index (χ2n) is 5.62. The van der Waals surface area contributed by atoms with Crippen molar-refractivity contribution in [1.29, 1.82) is 0 Å². The number of carbonyl (C=O) groups excluding carboxylic acids is 1. The van der Waals surface area contributed by atoms with Crippen molar-refractivity contribution in [2.45, 2.75) is 19.6 Å². The molecule has 3 rings (SSSR count). The highest BCUT2D eigenvalue weighted by molar-refractivity contribution is 7.10. The molecule has 3 nitrogen and oxygen atoms in total. The lowest BCUT2D eigenvalue weighted by atomic mass is 10.1. The Morgan fingerprint density at radius 1 is 1.12 bits per heavy atom. The molecule has 0 spiro atoms. The lowest BCUT2D eigenvalue weighted by Crippen LogP contribution is -2.26. The summed E-state index contributed by atoms with van der Waals surface area (Å²) in [5.74, 6) is 0.0319. The Morgan fingerprint density at radius 3 is 2.60 bits per heavy atom. The molecule has 0 bridgehead atoms. The van der Waals surface area contributed by atoms with Crippen LogP contribution in [0.5, 0.6) is 5.75 Å². The Bertz CT molecular complexity index is 831. The van der Waals surface area contributed by atoms with Crippen molar-refractivity contribution in [1.82, 2.24) is 5.32 Å². The van der Waals surface area contributed by atoms with Gasteiger partial charge in [0.05, 0.1) is 11.6 Å². The van der Waals surface area contributed by atoms with Crippen LogP contribution in [0.1, 0.15) is 33.8 Å². The standard InChI is InChI=1S/C20H18FNO2S/c1-14(19-7-4-12-25-19)22-20(23)17-5-2-3-6-18(17)24-13-15-8-10-16(21)11-9-15/h2-12,14H,13H2,1H3,(H,22,23). The largest absolute Gasteiger partial charge is 0.488 e. The minimum absolute atomic E-state index is 0.0716. The number of hydrogen-bond acceptors (Lipinski definition) is 3. The summed E-state index contributed by atoms with van der Waals surface area (Å²) < 4.78 is 18.7. The quantitative estimate of drug-likeness (QED) is 0.679. The van der Waals surface area contributed by atoms with E-state index in [0.29, 0.717) is 11.3 Å². The topological polar surface area (TPSA) is 38.3 Å². The van der Waals surface area contributed by atoms with Crippen molar-refractivity contribution in [3.8, 4) is 5.75 Å². The maximum absolute atomic E-state index is 13.0. The smallest absolute Gasteiger partial charge is 0.255 e. The second kappa shape index (κ2) is 7.94. The van der Waals surface area contributed by atoms with Gasteiger partial charge < -0.3 is 10.1 Å². The van der Waals surface area contributed by atoms with Gasteiger partial charge in [-0.05, 0) is 48.2 Å². The SMILES string of the molecule is CC(NC(=O)c1ccccc1OCc1ccc(F)cc1)c1cccs1. The fraction of sp³-hybridized carbons (Fsp3) is 0.150. The van der Waals surface area contributed by atoms with E-state index in [4.69, 9.17) is 4.74 Å². The lowest BCUT2D eigenvalue weighted by Gasteiger charge is -2.15. The third-order valence-electron chi connectivity index (χ3n) is 3.76. The first-order chi connectivity index (χ1) is 12.1. The van der Waals surface area contributed by atoms with Gasteiger partial charge in [-0.3, -0.25) is 4.79 Å². The summed E-state index contributed by atoms with van der Waals surface area (Å²) in [5.41, 5.74) is 1.32. The van der Waals surface area contributed by atoms with Gasteiger partial charge in [-0.25, -0.2) is 4.39 Å². The molecule has 0 saturated carbocycles. The van der Waals surface area contributed by atoms with Crippen LogP contribution >= 0.6 is 11.3 Å². The molecule has 0 saturated heterocycles. The van der Waals surface area contributed by atoms with E-state index in [-0.39, 0.29) is 24.4 Å². The number of thiophene rings is 1. The number of benzene rings is 2. The normalized spacial score (nSPS) is 11.8. The van der Waals surface area contributed by atoms with E-state index in [1.165, 1.54) is 12.1 Å². The van der Waals surface area contributed by atoms with E-state index in [9.17, 15) is 9.18 Å². The highest BCUT2D eigenvalue weighted by Crippen LogP contribution is 2.22. The monoisotopic (exact) mass is 355 g/mol. The first-order valence-corrected chi connectivity index (χ1v) is 8.82. The Balaban J connectivity index is 1.69. The molecule has 5 heteroatoms. The van der Waals surface area contributed by atoms with Gasteiger partial charge in [0, 0.05) is 4.88 Å². The molecule has 25 heavy (non-hydrogen) atoms. The molecule has 1 amide bonds. The van der Waals surface area contributed by atoms with E-state index in [1.807, 2.05) is 30.5 Å². The number of halogens is 1. The first-order valence-electron chi connectivity index (χ1n) is 7.94. The van der Waals surface area contributed by atoms with Gasteiger partial charge in [0.1, 0.15) is 18.2 Å². The number of carbonyl (C=O) groups is 1. The van der Waals surface area contributed by atoms with Crippen molar-refractivity contribution >= 4 is 17.2 Å². The van der Waals surface area contributed by atoms with Crippen LogP contribution in [0, 0.1) is 5.82 Å². The van der Waals surface area contributed by atoms with Gasteiger partial charge >= 0.3 is 0 Å². The summed E-state index contributed by atoms with van der Waals surface area (Å²) in [6.07, 6.45) is 0. The molecule has 1 heterocycles. The summed E-state index contributed by atoms with van der Waals surface area (Å²) in [5, 5.41) is 4.97. The molecule has 0 aliphatic rings. The first kappa shape index (κ1) is 17.2. The van der Waals surface area contributed by atoms with Gasteiger partial charge in [0.15, 0.2) is 0 Å². The fourth-order valence-electron chi connectivity index (χ4n) is 2.40. The van der Waals surface area contributed by atoms with E-state index >= 15 is 0 Å². The summed E-state index contributed by atoms with van der Waals surface area (Å²) >= 11 is 1.60. The predicted molar refractivity (Wildman–Crippen MR) is 97.4 cm³/mol. The highest BCUT2D eigenvalue weighted by atomic mass is 32.1. The number of rotatable bonds is 6. The fourth-order valence-corrected chi connectivity index (χ4v) is 3.14. The van der Waals surface area contributed by atoms with Crippen molar-refractivity contribution in [2.75, 3.05) is 0 Å². The average molecular weight is 355 g/mol. The number of nitrogens with one attached hydrogen (secondary N) is 1. The molecular formula is C20H18FNO2S. The van der Waals surface area contributed by atoms with Gasteiger partial charge in [-0.15, -0.1) is 11.3 Å². The maximum atomic E-state index is 13.0. The third-order valence-corrected chi connectivity index (χ3v) is 4.81. The van der Waals surface area contributed by atoms with Gasteiger partial charge in [0.2, 0.25) is 0 Å². The molecule has 1 aromatic heterocycles. The summed E-state index contributed by atoms with van der Waals surface area (Å²) in [6.45, 7) is 2.22. The van der Waals surface area contributed by atoms with Crippen LogP contribution in [0.25, 0.3) is 0 Å². The van der Waals surface area contributed by atoms with Crippen LogP contribution in [0.4, 0.5) is 4.39 Å². The van der Waals surface area contributed by atoms with Crippen molar-refractivity contribution in [3.05, 3.63) is 87.9 Å². The maximum Gasteiger partial charge on any atom is 0.255 e. The second-order valence-corrected chi connectivity index (χ2v) is 6.60. The molecule has 2 aromatic carbocycles. The lowest BCUT2D eigenvalue weighted by molar-refractivity contribution is 0.0936. The third kappa shape index (κ3) is 4.45. The Labute approximate surface area is 150 Å². The average Bonchev–Trinajstić information content (AvgIpc) is 3.16. The predicted octanol–water partition coefficient (Wildman–Crippen LogP) is 4.96. The molecule has 128 valence electrons. The highest BCUT2D eigenvalue weighted by Gasteiger charge is 2.16. The van der Waals surface area contributed by atoms with Crippen molar-refractivity contribution in [2.24, 2.45) is 0 Å². The zero-order valence-electron chi connectivity index (χ0n) is 13.7. The minimum Gasteiger partial charge on any atom is -0.488 e. The molecule has 3 aromatic rings. The zero-order chi connectivity index (χ0) is 17.6. The number of para-hydroxylation sites is 1. The number of ether oxygens (including phenoxy) is 1. The van der Waals surface area contributed by atoms with Crippen molar-refractivity contribution in [3.63, 3.8) is 0 Å². The van der Waals surface area contributed by atoms with E-state index in [1.54, 1.807) is 41.7 Å². The molecule has 0 aliphatic heterocycles. The Morgan fingerprint density at radius 2 is 1.88 bits per heavy atom.